The summed E-state index contributed by atoms with van der Waals surface area (Å²) in [5.74, 6) is -1.16. The van der Waals surface area contributed by atoms with Crippen molar-refractivity contribution in [3.63, 3.8) is 0 Å². The first kappa shape index (κ1) is 18.2. The van der Waals surface area contributed by atoms with Gasteiger partial charge in [0.25, 0.3) is 0 Å². The van der Waals surface area contributed by atoms with E-state index in [-0.39, 0.29) is 41.4 Å². The van der Waals surface area contributed by atoms with E-state index in [0.717, 1.165) is 24.1 Å². The molecule has 6 rings (SSSR count). The number of carbonyl (C=O) groups excluding carboxylic acids is 3. The summed E-state index contributed by atoms with van der Waals surface area (Å²) in [7, 11) is 0. The number of benzene rings is 1. The molecule has 7 heteroatoms. The molecule has 3 amide bonds. The number of hydrogen-bond acceptors (Lipinski definition) is 5. The monoisotopic (exact) mass is 407 g/mol. The second-order valence-corrected chi connectivity index (χ2v) is 8.82. The number of carbonyl (C=O) groups is 3. The summed E-state index contributed by atoms with van der Waals surface area (Å²) in [5, 5.41) is 5.11. The van der Waals surface area contributed by atoms with E-state index in [1.165, 1.54) is 16.2 Å². The highest BCUT2D eigenvalue weighted by atomic mass is 32.1. The average Bonchev–Trinajstić information content (AvgIpc) is 3.33. The molecule has 0 spiro atoms. The molecule has 6 nitrogen and oxygen atoms in total. The minimum Gasteiger partial charge on any atom is -0.300 e. The molecule has 5 unspecified atom stereocenters. The summed E-state index contributed by atoms with van der Waals surface area (Å²) >= 11 is 1.32. The first-order chi connectivity index (χ1) is 14.0. The van der Waals surface area contributed by atoms with Gasteiger partial charge in [-0.3, -0.25) is 19.3 Å². The molecule has 2 bridgehead atoms. The highest BCUT2D eigenvalue weighted by Gasteiger charge is 2.58. The van der Waals surface area contributed by atoms with Crippen LogP contribution in [0.15, 0.2) is 47.9 Å². The Bertz CT molecular complexity index is 983. The van der Waals surface area contributed by atoms with E-state index in [4.69, 9.17) is 0 Å². The summed E-state index contributed by atoms with van der Waals surface area (Å²) in [6, 6.07) is 8.85. The van der Waals surface area contributed by atoms with Gasteiger partial charge in [-0.1, -0.05) is 42.5 Å². The smallest absolute Gasteiger partial charge is 0.249 e. The first-order valence-corrected chi connectivity index (χ1v) is 10.8. The van der Waals surface area contributed by atoms with Crippen molar-refractivity contribution in [2.75, 3.05) is 5.32 Å². The third-order valence-electron chi connectivity index (χ3n) is 6.36. The summed E-state index contributed by atoms with van der Waals surface area (Å²) in [4.78, 5) is 44.5. The van der Waals surface area contributed by atoms with Gasteiger partial charge in [0.05, 0.1) is 17.5 Å². The highest BCUT2D eigenvalue weighted by molar-refractivity contribution is 7.14. The highest BCUT2D eigenvalue weighted by Crippen LogP contribution is 2.50. The topological polar surface area (TPSA) is 79.4 Å². The molecule has 1 N–H and O–H groups in total. The van der Waals surface area contributed by atoms with Crippen molar-refractivity contribution in [3.05, 3.63) is 47.9 Å². The quantitative estimate of drug-likeness (QED) is 0.623. The Morgan fingerprint density at radius 3 is 2.31 bits per heavy atom. The van der Waals surface area contributed by atoms with Gasteiger partial charge in [-0.05, 0) is 31.6 Å². The standard InChI is InChI=1S/C22H21N3O3S/c1-12(19(26)24-22-23-16(11-29-22)13-5-3-2-4-6-13)25-20(27)17-14-7-8-15(10-9-14)18(17)21(25)28/h2-8,11-12,14-15,17-18H,9-10H2,1H3,(H,23,24,26). The van der Waals surface area contributed by atoms with E-state index in [1.807, 2.05) is 35.7 Å². The normalized spacial score (nSPS) is 28.5. The zero-order valence-corrected chi connectivity index (χ0v) is 16.8. The Balaban J connectivity index is 1.32. The van der Waals surface area contributed by atoms with Crippen molar-refractivity contribution in [2.45, 2.75) is 25.8 Å². The lowest BCUT2D eigenvalue weighted by molar-refractivity contribution is -0.146. The van der Waals surface area contributed by atoms with Crippen LogP contribution in [-0.4, -0.2) is 33.6 Å². The molecule has 0 radical (unpaired) electrons. The molecule has 1 saturated heterocycles. The predicted molar refractivity (Wildman–Crippen MR) is 110 cm³/mol. The maximum atomic E-state index is 13.0. The summed E-state index contributed by atoms with van der Waals surface area (Å²) in [5.41, 5.74) is 1.75. The van der Waals surface area contributed by atoms with Crippen LogP contribution in [0.1, 0.15) is 19.8 Å². The average molecular weight is 407 g/mol. The number of fused-ring (bicyclic) bond motifs is 1. The van der Waals surface area contributed by atoms with Crippen LogP contribution in [0.3, 0.4) is 0 Å². The van der Waals surface area contributed by atoms with E-state index >= 15 is 0 Å². The number of aromatic nitrogens is 1. The molecular formula is C22H21N3O3S. The largest absolute Gasteiger partial charge is 0.300 e. The Labute approximate surface area is 172 Å². The number of thiazole rings is 1. The van der Waals surface area contributed by atoms with Crippen LogP contribution in [0.4, 0.5) is 5.13 Å². The fraction of sp³-hybridized carbons (Fsp3) is 0.364. The molecule has 5 atom stereocenters. The zero-order chi connectivity index (χ0) is 20.1. The van der Waals surface area contributed by atoms with E-state index in [1.54, 1.807) is 6.92 Å². The van der Waals surface area contributed by atoms with Crippen LogP contribution in [0.25, 0.3) is 11.3 Å². The molecule has 4 aliphatic rings. The second kappa shape index (κ2) is 6.91. The molecule has 1 aliphatic heterocycles. The van der Waals surface area contributed by atoms with Crippen LogP contribution in [0.5, 0.6) is 0 Å². The maximum absolute atomic E-state index is 13.0. The van der Waals surface area contributed by atoms with Gasteiger partial charge >= 0.3 is 0 Å². The molecular weight excluding hydrogens is 386 g/mol. The van der Waals surface area contributed by atoms with Crippen molar-refractivity contribution in [2.24, 2.45) is 23.7 Å². The Morgan fingerprint density at radius 1 is 1.10 bits per heavy atom. The lowest BCUT2D eigenvalue weighted by Gasteiger charge is -2.38. The Hall–Kier alpha value is -2.80. The molecule has 2 aromatic rings. The van der Waals surface area contributed by atoms with Gasteiger partial charge in [-0.15, -0.1) is 11.3 Å². The molecule has 29 heavy (non-hydrogen) atoms. The number of allylic oxidation sites excluding steroid dienone is 2. The number of amides is 3. The van der Waals surface area contributed by atoms with Crippen LogP contribution in [0, 0.1) is 23.7 Å². The van der Waals surface area contributed by atoms with Gasteiger partial charge in [0, 0.05) is 10.9 Å². The van der Waals surface area contributed by atoms with Crippen molar-refractivity contribution in [3.8, 4) is 11.3 Å². The number of imide groups is 1. The third-order valence-corrected chi connectivity index (χ3v) is 7.12. The molecule has 148 valence electrons. The van der Waals surface area contributed by atoms with Crippen LogP contribution in [0.2, 0.25) is 0 Å². The van der Waals surface area contributed by atoms with Gasteiger partial charge in [-0.2, -0.15) is 0 Å². The van der Waals surface area contributed by atoms with Crippen molar-refractivity contribution >= 4 is 34.2 Å². The van der Waals surface area contributed by atoms with Gasteiger partial charge in [-0.25, -0.2) is 4.98 Å². The zero-order valence-electron chi connectivity index (χ0n) is 15.9. The molecule has 1 saturated carbocycles. The van der Waals surface area contributed by atoms with E-state index in [9.17, 15) is 14.4 Å². The lowest BCUT2D eigenvalue weighted by atomic mass is 9.63. The van der Waals surface area contributed by atoms with Crippen molar-refractivity contribution in [1.82, 2.24) is 9.88 Å². The van der Waals surface area contributed by atoms with Gasteiger partial charge in [0.1, 0.15) is 6.04 Å². The third kappa shape index (κ3) is 2.92. The second-order valence-electron chi connectivity index (χ2n) is 7.96. The fourth-order valence-corrected chi connectivity index (χ4v) is 5.60. The van der Waals surface area contributed by atoms with E-state index < -0.39 is 6.04 Å². The van der Waals surface area contributed by atoms with Crippen LogP contribution < -0.4 is 5.32 Å². The summed E-state index contributed by atoms with van der Waals surface area (Å²) in [6.45, 7) is 1.61. The van der Waals surface area contributed by atoms with Gasteiger partial charge < -0.3 is 5.32 Å². The molecule has 1 aromatic carbocycles. The predicted octanol–water partition coefficient (Wildman–Crippen LogP) is 3.33. The number of likely N-dealkylation sites (tertiary alicyclic amines) is 1. The van der Waals surface area contributed by atoms with Crippen molar-refractivity contribution < 1.29 is 14.4 Å². The summed E-state index contributed by atoms with van der Waals surface area (Å²) < 4.78 is 0. The molecule has 3 aliphatic carbocycles. The first-order valence-electron chi connectivity index (χ1n) is 9.91. The fourth-order valence-electron chi connectivity index (χ4n) is 4.88. The van der Waals surface area contributed by atoms with Crippen molar-refractivity contribution in [1.29, 1.82) is 0 Å². The Kier molecular flexibility index (Phi) is 4.35. The Morgan fingerprint density at radius 2 is 1.72 bits per heavy atom. The van der Waals surface area contributed by atoms with Crippen LogP contribution >= 0.6 is 11.3 Å². The number of nitrogens with one attached hydrogen (secondary N) is 1. The molecule has 1 aromatic heterocycles. The minimum atomic E-state index is -0.857. The maximum Gasteiger partial charge on any atom is 0.249 e. The van der Waals surface area contributed by atoms with E-state index in [2.05, 4.69) is 22.5 Å². The van der Waals surface area contributed by atoms with E-state index in [0.29, 0.717) is 5.13 Å². The molecule has 2 heterocycles. The molecule has 2 fully saturated rings. The number of nitrogens with zero attached hydrogens (tertiary/aromatic N) is 2. The minimum absolute atomic E-state index is 0.120. The number of hydrogen-bond donors (Lipinski definition) is 1. The SMILES string of the molecule is CC(C(=O)Nc1nc(-c2ccccc2)cs1)N1C(=O)C2C3C=CC(CC3)C2C1=O. The van der Waals surface area contributed by atoms with Gasteiger partial charge in [0.15, 0.2) is 5.13 Å². The van der Waals surface area contributed by atoms with Gasteiger partial charge in [0.2, 0.25) is 17.7 Å². The van der Waals surface area contributed by atoms with Crippen LogP contribution in [-0.2, 0) is 14.4 Å². The lowest BCUT2D eigenvalue weighted by Crippen LogP contribution is -2.46. The summed E-state index contributed by atoms with van der Waals surface area (Å²) in [6.07, 6.45) is 6.04. The number of anilines is 1. The number of rotatable bonds is 4.